The zero-order chi connectivity index (χ0) is 21.0. The number of nitrogens with zero attached hydrogens (tertiary/aromatic N) is 3. The van der Waals surface area contributed by atoms with Crippen molar-refractivity contribution >= 4 is 21.7 Å². The van der Waals surface area contributed by atoms with Gasteiger partial charge in [0.25, 0.3) is 15.9 Å². The van der Waals surface area contributed by atoms with Crippen molar-refractivity contribution in [2.45, 2.75) is 18.4 Å². The zero-order valence-electron chi connectivity index (χ0n) is 16.4. The molecular formula is C20H22N4O4S. The molecule has 0 radical (unpaired) electrons. The maximum Gasteiger partial charge on any atom is 0.264 e. The van der Waals surface area contributed by atoms with Crippen molar-refractivity contribution in [1.82, 2.24) is 14.2 Å². The summed E-state index contributed by atoms with van der Waals surface area (Å²) < 4.78 is 27.3. The molecular weight excluding hydrogens is 392 g/mol. The molecule has 0 bridgehead atoms. The van der Waals surface area contributed by atoms with Crippen LogP contribution in [-0.2, 0) is 21.4 Å². The first-order chi connectivity index (χ1) is 13.8. The van der Waals surface area contributed by atoms with Gasteiger partial charge in [0.2, 0.25) is 0 Å². The Hall–Kier alpha value is -3.01. The number of amides is 1. The van der Waals surface area contributed by atoms with E-state index in [-0.39, 0.29) is 10.5 Å². The van der Waals surface area contributed by atoms with Crippen molar-refractivity contribution in [3.63, 3.8) is 0 Å². The summed E-state index contributed by atoms with van der Waals surface area (Å²) in [7, 11) is -1.31. The fraction of sp³-hybridized carbons (Fsp3) is 0.200. The van der Waals surface area contributed by atoms with Gasteiger partial charge in [0.15, 0.2) is 0 Å². The number of anilines is 1. The van der Waals surface area contributed by atoms with Crippen LogP contribution in [0, 0.1) is 6.92 Å². The van der Waals surface area contributed by atoms with Crippen LogP contribution in [0.4, 0.5) is 5.82 Å². The number of aromatic nitrogens is 2. The molecule has 0 aliphatic carbocycles. The van der Waals surface area contributed by atoms with E-state index in [2.05, 4.69) is 10.4 Å². The van der Waals surface area contributed by atoms with E-state index < -0.39 is 15.9 Å². The molecule has 29 heavy (non-hydrogen) atoms. The molecule has 9 heteroatoms. The number of hydrogen-bond donors (Lipinski definition) is 1. The molecule has 0 saturated carbocycles. The molecule has 8 nitrogen and oxygen atoms in total. The second-order valence-electron chi connectivity index (χ2n) is 6.39. The normalized spacial score (nSPS) is 11.6. The van der Waals surface area contributed by atoms with Crippen molar-refractivity contribution in [3.05, 3.63) is 77.5 Å². The molecule has 1 N–H and O–H groups in total. The minimum Gasteiger partial charge on any atom is -0.307 e. The summed E-state index contributed by atoms with van der Waals surface area (Å²) in [5.74, 6) is 0.0926. The Bertz CT molecular complexity index is 1110. The predicted molar refractivity (Wildman–Crippen MR) is 109 cm³/mol. The SMILES string of the molecule is CON(C)S(=O)(=O)c1cccc(C(=O)Nc2cc(C)nn2Cc2ccccc2)c1. The van der Waals surface area contributed by atoms with Gasteiger partial charge in [0.1, 0.15) is 5.82 Å². The van der Waals surface area contributed by atoms with Crippen LogP contribution in [0.1, 0.15) is 21.6 Å². The molecule has 2 aromatic carbocycles. The summed E-state index contributed by atoms with van der Waals surface area (Å²) in [6.07, 6.45) is 0. The minimum absolute atomic E-state index is 0.0385. The summed E-state index contributed by atoms with van der Waals surface area (Å²) in [6, 6.07) is 17.3. The highest BCUT2D eigenvalue weighted by atomic mass is 32.2. The second kappa shape index (κ2) is 8.56. The van der Waals surface area contributed by atoms with E-state index in [0.717, 1.165) is 15.7 Å². The molecule has 0 unspecified atom stereocenters. The Labute approximate surface area is 169 Å². The molecule has 1 heterocycles. The fourth-order valence-corrected chi connectivity index (χ4v) is 3.78. The van der Waals surface area contributed by atoms with Gasteiger partial charge in [-0.3, -0.25) is 9.63 Å². The van der Waals surface area contributed by atoms with E-state index in [1.807, 2.05) is 37.3 Å². The number of aryl methyl sites for hydroxylation is 1. The maximum absolute atomic E-state index is 12.8. The Morgan fingerprint density at radius 2 is 1.86 bits per heavy atom. The van der Waals surface area contributed by atoms with Crippen LogP contribution in [0.25, 0.3) is 0 Å². The van der Waals surface area contributed by atoms with Crippen LogP contribution in [0.5, 0.6) is 0 Å². The van der Waals surface area contributed by atoms with Crippen LogP contribution >= 0.6 is 0 Å². The molecule has 1 aromatic heterocycles. The van der Waals surface area contributed by atoms with Crippen LogP contribution in [0.2, 0.25) is 0 Å². The summed E-state index contributed by atoms with van der Waals surface area (Å²) in [5, 5.41) is 7.24. The van der Waals surface area contributed by atoms with Crippen LogP contribution in [0.15, 0.2) is 65.6 Å². The van der Waals surface area contributed by atoms with Crippen molar-refractivity contribution in [2.75, 3.05) is 19.5 Å². The first-order valence-corrected chi connectivity index (χ1v) is 10.3. The van der Waals surface area contributed by atoms with Gasteiger partial charge in [0, 0.05) is 18.7 Å². The first-order valence-electron chi connectivity index (χ1n) is 8.84. The third-order valence-corrected chi connectivity index (χ3v) is 5.98. The molecule has 3 rings (SSSR count). The van der Waals surface area contributed by atoms with E-state index in [1.165, 1.54) is 32.4 Å². The van der Waals surface area contributed by atoms with Gasteiger partial charge in [-0.25, -0.2) is 13.1 Å². The predicted octanol–water partition coefficient (Wildman–Crippen LogP) is 2.67. The van der Waals surface area contributed by atoms with Gasteiger partial charge in [-0.15, -0.1) is 0 Å². The van der Waals surface area contributed by atoms with Gasteiger partial charge in [-0.2, -0.15) is 5.10 Å². The molecule has 0 aliphatic rings. The van der Waals surface area contributed by atoms with Gasteiger partial charge in [0.05, 0.1) is 24.2 Å². The van der Waals surface area contributed by atoms with E-state index in [9.17, 15) is 13.2 Å². The highest BCUT2D eigenvalue weighted by molar-refractivity contribution is 7.89. The van der Waals surface area contributed by atoms with Gasteiger partial charge in [-0.05, 0) is 30.7 Å². The lowest BCUT2D eigenvalue weighted by atomic mass is 10.2. The monoisotopic (exact) mass is 414 g/mol. The number of carbonyl (C=O) groups excluding carboxylic acids is 1. The zero-order valence-corrected chi connectivity index (χ0v) is 17.2. The molecule has 1 amide bonds. The highest BCUT2D eigenvalue weighted by Crippen LogP contribution is 2.18. The molecule has 152 valence electrons. The quantitative estimate of drug-likeness (QED) is 0.600. The highest BCUT2D eigenvalue weighted by Gasteiger charge is 2.22. The summed E-state index contributed by atoms with van der Waals surface area (Å²) in [5.41, 5.74) is 2.01. The Morgan fingerprint density at radius 3 is 2.55 bits per heavy atom. The lowest BCUT2D eigenvalue weighted by molar-refractivity contribution is -0.0258. The lowest BCUT2D eigenvalue weighted by Gasteiger charge is -2.14. The second-order valence-corrected chi connectivity index (χ2v) is 8.33. The van der Waals surface area contributed by atoms with Crippen LogP contribution in [0.3, 0.4) is 0 Å². The number of hydroxylamine groups is 1. The third-order valence-electron chi connectivity index (χ3n) is 4.31. The summed E-state index contributed by atoms with van der Waals surface area (Å²) in [4.78, 5) is 17.5. The number of benzene rings is 2. The average Bonchev–Trinajstić information content (AvgIpc) is 3.06. The first kappa shape index (κ1) is 20.7. The van der Waals surface area contributed by atoms with E-state index >= 15 is 0 Å². The van der Waals surface area contributed by atoms with Crippen molar-refractivity contribution in [1.29, 1.82) is 0 Å². The minimum atomic E-state index is -3.85. The molecule has 0 spiro atoms. The van der Waals surface area contributed by atoms with Gasteiger partial charge >= 0.3 is 0 Å². The standard InChI is InChI=1S/C20H22N4O4S/c1-15-12-19(24(22-15)14-16-8-5-4-6-9-16)21-20(25)17-10-7-11-18(13-17)29(26,27)23(2)28-3/h4-13H,14H2,1-3H3,(H,21,25). The Balaban J connectivity index is 1.84. The number of rotatable bonds is 7. The molecule has 0 fully saturated rings. The van der Waals surface area contributed by atoms with Crippen molar-refractivity contribution in [2.24, 2.45) is 0 Å². The van der Waals surface area contributed by atoms with E-state index in [0.29, 0.717) is 12.4 Å². The topological polar surface area (TPSA) is 93.5 Å². The van der Waals surface area contributed by atoms with Crippen LogP contribution in [-0.4, -0.2) is 42.7 Å². The number of nitrogens with one attached hydrogen (secondary N) is 1. The number of hydrogen-bond acceptors (Lipinski definition) is 5. The van der Waals surface area contributed by atoms with Crippen molar-refractivity contribution in [3.8, 4) is 0 Å². The number of carbonyl (C=O) groups is 1. The van der Waals surface area contributed by atoms with Gasteiger partial charge in [-0.1, -0.05) is 40.9 Å². The van der Waals surface area contributed by atoms with Crippen molar-refractivity contribution < 1.29 is 18.0 Å². The fourth-order valence-electron chi connectivity index (χ4n) is 2.76. The Morgan fingerprint density at radius 1 is 1.14 bits per heavy atom. The molecule has 0 atom stereocenters. The number of sulfonamides is 1. The van der Waals surface area contributed by atoms with Crippen LogP contribution < -0.4 is 5.32 Å². The van der Waals surface area contributed by atoms with Gasteiger partial charge < -0.3 is 5.32 Å². The van der Waals surface area contributed by atoms with E-state index in [4.69, 9.17) is 4.84 Å². The smallest absolute Gasteiger partial charge is 0.264 e. The summed E-state index contributed by atoms with van der Waals surface area (Å²) >= 11 is 0. The molecule has 3 aromatic rings. The largest absolute Gasteiger partial charge is 0.307 e. The third kappa shape index (κ3) is 4.70. The summed E-state index contributed by atoms with van der Waals surface area (Å²) in [6.45, 7) is 2.34. The Kier molecular flexibility index (Phi) is 6.12. The van der Waals surface area contributed by atoms with E-state index in [1.54, 1.807) is 16.8 Å². The molecule has 0 saturated heterocycles. The maximum atomic E-state index is 12.8. The average molecular weight is 414 g/mol. The lowest BCUT2D eigenvalue weighted by Crippen LogP contribution is -2.26. The molecule has 0 aliphatic heterocycles.